The number of carboxylic acids is 1. The number of rotatable bonds is 4. The summed E-state index contributed by atoms with van der Waals surface area (Å²) in [6.07, 6.45) is 1.05. The van der Waals surface area contributed by atoms with Crippen LogP contribution in [0.3, 0.4) is 0 Å². The van der Waals surface area contributed by atoms with E-state index in [9.17, 15) is 14.7 Å². The molecule has 110 valence electrons. The summed E-state index contributed by atoms with van der Waals surface area (Å²) in [5.74, 6) is -1.43. The van der Waals surface area contributed by atoms with Crippen molar-refractivity contribution in [3.05, 3.63) is 28.8 Å². The zero-order chi connectivity index (χ0) is 15.4. The van der Waals surface area contributed by atoms with E-state index in [2.05, 4.69) is 15.5 Å². The van der Waals surface area contributed by atoms with Gasteiger partial charge in [0, 0.05) is 10.6 Å². The van der Waals surface area contributed by atoms with Crippen molar-refractivity contribution in [1.29, 1.82) is 0 Å². The topological polar surface area (TPSA) is 111 Å². The van der Waals surface area contributed by atoms with Gasteiger partial charge in [0.2, 0.25) is 5.91 Å². The lowest BCUT2D eigenvalue weighted by molar-refractivity contribution is -0.138. The maximum atomic E-state index is 11.5. The summed E-state index contributed by atoms with van der Waals surface area (Å²) in [4.78, 5) is 22.0. The molecule has 2 rings (SSSR count). The Morgan fingerprint density at radius 2 is 2.29 bits per heavy atom. The fourth-order valence-electron chi connectivity index (χ4n) is 1.52. The summed E-state index contributed by atoms with van der Waals surface area (Å²) in [5, 5.41) is 27.9. The van der Waals surface area contributed by atoms with Crippen LogP contribution in [-0.4, -0.2) is 38.7 Å². The Morgan fingerprint density at radius 3 is 3.00 bits per heavy atom. The Balaban J connectivity index is 2.05. The molecule has 0 aromatic heterocycles. The molecule has 7 nitrogen and oxygen atoms in total. The van der Waals surface area contributed by atoms with Crippen molar-refractivity contribution in [3.63, 3.8) is 0 Å². The molecular weight excluding hydrogens is 318 g/mol. The second-order valence-electron chi connectivity index (χ2n) is 4.05. The van der Waals surface area contributed by atoms with Crippen LogP contribution < -0.4 is 5.32 Å². The van der Waals surface area contributed by atoms with E-state index in [0.717, 1.165) is 11.8 Å². The number of aromatic hydroxyl groups is 1. The van der Waals surface area contributed by atoms with Gasteiger partial charge in [0.25, 0.3) is 0 Å². The molecule has 3 N–H and O–H groups in total. The summed E-state index contributed by atoms with van der Waals surface area (Å²) in [6.45, 7) is 0. The average molecular weight is 328 g/mol. The highest BCUT2D eigenvalue weighted by Crippen LogP contribution is 2.23. The number of hydrogen-bond acceptors (Lipinski definition) is 6. The number of aliphatic carboxylic acids is 1. The number of benzene rings is 1. The Hall–Kier alpha value is -2.06. The molecule has 1 aliphatic heterocycles. The molecule has 21 heavy (non-hydrogen) atoms. The predicted octanol–water partition coefficient (Wildman–Crippen LogP) is 1.44. The number of amides is 1. The molecule has 0 saturated carbocycles. The van der Waals surface area contributed by atoms with E-state index in [1.54, 1.807) is 0 Å². The Morgan fingerprint density at radius 1 is 1.52 bits per heavy atom. The van der Waals surface area contributed by atoms with Crippen LogP contribution in [-0.2, 0) is 9.59 Å². The Labute approximate surface area is 128 Å². The maximum Gasteiger partial charge on any atom is 0.305 e. The Bertz CT molecular complexity index is 647. The smallest absolute Gasteiger partial charge is 0.305 e. The first-order chi connectivity index (χ1) is 9.95. The Kier molecular flexibility index (Phi) is 4.81. The van der Waals surface area contributed by atoms with Crippen LogP contribution in [0, 0.1) is 0 Å². The molecule has 0 spiro atoms. The van der Waals surface area contributed by atoms with Crippen molar-refractivity contribution in [3.8, 4) is 5.75 Å². The lowest BCUT2D eigenvalue weighted by Crippen LogP contribution is -2.26. The first-order valence-corrected chi connectivity index (χ1v) is 7.00. The van der Waals surface area contributed by atoms with Crippen molar-refractivity contribution < 1.29 is 19.8 Å². The number of halogens is 1. The first kappa shape index (κ1) is 15.3. The molecule has 1 amide bonds. The molecule has 1 aromatic carbocycles. The molecule has 1 heterocycles. The first-order valence-electron chi connectivity index (χ1n) is 5.74. The standard InChI is InChI=1S/C12H10ClN3O4S/c13-8-2-1-7(17)3-6(8)5-14-16-12-15-11(20)9(21-12)4-10(18)19/h1-3,5,9,17H,4H2,(H,18,19)(H,15,16,20). The number of amidine groups is 1. The summed E-state index contributed by atoms with van der Waals surface area (Å²) in [6, 6.07) is 4.37. The van der Waals surface area contributed by atoms with Crippen molar-refractivity contribution in [1.82, 2.24) is 5.32 Å². The quantitative estimate of drug-likeness (QED) is 0.572. The van der Waals surface area contributed by atoms with Gasteiger partial charge in [0.15, 0.2) is 5.17 Å². The summed E-state index contributed by atoms with van der Waals surface area (Å²) < 4.78 is 0. The fourth-order valence-corrected chi connectivity index (χ4v) is 2.60. The monoisotopic (exact) mass is 327 g/mol. The summed E-state index contributed by atoms with van der Waals surface area (Å²) >= 11 is 6.91. The second-order valence-corrected chi connectivity index (χ2v) is 5.65. The van der Waals surface area contributed by atoms with E-state index >= 15 is 0 Å². The second kappa shape index (κ2) is 6.59. The van der Waals surface area contributed by atoms with Crippen molar-refractivity contribution >= 4 is 46.6 Å². The van der Waals surface area contributed by atoms with Gasteiger partial charge in [-0.1, -0.05) is 23.4 Å². The molecule has 1 aliphatic rings. The minimum atomic E-state index is -1.06. The number of carbonyl (C=O) groups excluding carboxylic acids is 1. The predicted molar refractivity (Wildman–Crippen MR) is 79.9 cm³/mol. The van der Waals surface area contributed by atoms with E-state index in [1.165, 1.54) is 24.4 Å². The van der Waals surface area contributed by atoms with Crippen molar-refractivity contribution in [2.45, 2.75) is 11.7 Å². The highest BCUT2D eigenvalue weighted by Gasteiger charge is 2.32. The van der Waals surface area contributed by atoms with E-state index < -0.39 is 17.1 Å². The normalized spacial score (nSPS) is 20.1. The number of carboxylic acid groups (broad SMARTS) is 1. The maximum absolute atomic E-state index is 11.5. The van der Waals surface area contributed by atoms with Gasteiger partial charge in [-0.15, -0.1) is 5.10 Å². The average Bonchev–Trinajstić information content (AvgIpc) is 2.73. The molecule has 0 radical (unpaired) electrons. The molecule has 1 atom stereocenters. The van der Waals surface area contributed by atoms with Crippen LogP contribution in [0.4, 0.5) is 0 Å². The van der Waals surface area contributed by atoms with Crippen molar-refractivity contribution in [2.24, 2.45) is 10.2 Å². The highest BCUT2D eigenvalue weighted by molar-refractivity contribution is 8.15. The van der Waals surface area contributed by atoms with Gasteiger partial charge in [-0.25, -0.2) is 0 Å². The molecule has 1 unspecified atom stereocenters. The zero-order valence-corrected chi connectivity index (χ0v) is 12.1. The molecule has 9 heteroatoms. The minimum absolute atomic E-state index is 0.0403. The van der Waals surface area contributed by atoms with E-state index in [1.807, 2.05) is 0 Å². The van der Waals surface area contributed by atoms with Gasteiger partial charge >= 0.3 is 5.97 Å². The van der Waals surface area contributed by atoms with Gasteiger partial charge in [-0.2, -0.15) is 5.10 Å². The zero-order valence-electron chi connectivity index (χ0n) is 10.5. The summed E-state index contributed by atoms with van der Waals surface area (Å²) in [5.41, 5.74) is 0.470. The number of thioether (sulfide) groups is 1. The third-order valence-electron chi connectivity index (χ3n) is 2.46. The summed E-state index contributed by atoms with van der Waals surface area (Å²) in [7, 11) is 0. The van der Waals surface area contributed by atoms with Crippen LogP contribution in [0.15, 0.2) is 28.4 Å². The fraction of sp³-hybridized carbons (Fsp3) is 0.167. The largest absolute Gasteiger partial charge is 0.508 e. The van der Waals surface area contributed by atoms with Gasteiger partial charge in [0.1, 0.15) is 11.0 Å². The van der Waals surface area contributed by atoms with E-state index in [0.29, 0.717) is 10.6 Å². The third-order valence-corrected chi connectivity index (χ3v) is 3.88. The van der Waals surface area contributed by atoms with Crippen LogP contribution in [0.25, 0.3) is 0 Å². The SMILES string of the molecule is O=C(O)CC1SC(=NN=Cc2cc(O)ccc2Cl)NC1=O. The van der Waals surface area contributed by atoms with Gasteiger partial charge < -0.3 is 15.5 Å². The molecule has 1 aromatic rings. The number of carbonyl (C=O) groups is 2. The molecule has 1 saturated heterocycles. The van der Waals surface area contributed by atoms with Gasteiger partial charge in [0.05, 0.1) is 12.6 Å². The van der Waals surface area contributed by atoms with Crippen LogP contribution in [0.5, 0.6) is 5.75 Å². The molecular formula is C12H10ClN3O4S. The number of phenolic OH excluding ortho intramolecular Hbond substituents is 1. The number of nitrogens with one attached hydrogen (secondary N) is 1. The van der Waals surface area contributed by atoms with Gasteiger partial charge in [-0.05, 0) is 18.2 Å². The molecule has 0 bridgehead atoms. The van der Waals surface area contributed by atoms with Crippen LogP contribution in [0.1, 0.15) is 12.0 Å². The van der Waals surface area contributed by atoms with Crippen molar-refractivity contribution in [2.75, 3.05) is 0 Å². The molecule has 1 fully saturated rings. The third kappa shape index (κ3) is 4.20. The lowest BCUT2D eigenvalue weighted by Gasteiger charge is -1.98. The highest BCUT2D eigenvalue weighted by atomic mass is 35.5. The number of phenols is 1. The number of nitrogens with zero attached hydrogens (tertiary/aromatic N) is 2. The van der Waals surface area contributed by atoms with Crippen LogP contribution in [0.2, 0.25) is 5.02 Å². The minimum Gasteiger partial charge on any atom is -0.508 e. The molecule has 0 aliphatic carbocycles. The van der Waals surface area contributed by atoms with E-state index in [-0.39, 0.29) is 17.3 Å². The van der Waals surface area contributed by atoms with Crippen LogP contribution >= 0.6 is 23.4 Å². The van der Waals surface area contributed by atoms with E-state index in [4.69, 9.17) is 16.7 Å². The van der Waals surface area contributed by atoms with Gasteiger partial charge in [-0.3, -0.25) is 9.59 Å². The lowest BCUT2D eigenvalue weighted by atomic mass is 10.2. The number of hydrogen-bond donors (Lipinski definition) is 3.